The number of unbranched alkanes of at least 4 members (excludes halogenated alkanes) is 7. The number of halogens is 3. The lowest BCUT2D eigenvalue weighted by atomic mass is 9.92. The maximum absolute atomic E-state index is 13.8. The van der Waals surface area contributed by atoms with E-state index in [0.29, 0.717) is 36.6 Å². The van der Waals surface area contributed by atoms with Gasteiger partial charge >= 0.3 is 12.1 Å². The van der Waals surface area contributed by atoms with E-state index in [-0.39, 0.29) is 17.6 Å². The summed E-state index contributed by atoms with van der Waals surface area (Å²) < 4.78 is 43.1. The summed E-state index contributed by atoms with van der Waals surface area (Å²) in [7, 11) is 0. The van der Waals surface area contributed by atoms with Crippen LogP contribution in [0.5, 0.6) is 0 Å². The SMILES string of the molecule is CCCCCCCCCCN[C@@H](Cc1cccc2c1Cc1ccccc1-2)CC(C)C.CCCc1nc2c(C(F)(F)F)cc(C(=O)O)cc2n1Cc1ccc(-c2ccccc2-c2nn[nH]n2)cc1. The van der Waals surface area contributed by atoms with E-state index in [1.165, 1.54) is 87.1 Å². The number of imidazole rings is 1. The molecule has 1 aliphatic carbocycles. The van der Waals surface area contributed by atoms with E-state index in [1.54, 1.807) is 15.7 Å². The fourth-order valence-corrected chi connectivity index (χ4v) is 9.43. The summed E-state index contributed by atoms with van der Waals surface area (Å²) in [6, 6.07) is 33.6. The average Bonchev–Trinajstić information content (AvgIpc) is 4.07. The third-order valence-corrected chi connectivity index (χ3v) is 12.7. The first-order valence-electron chi connectivity index (χ1n) is 24.1. The highest BCUT2D eigenvalue weighted by atomic mass is 19.4. The van der Waals surface area contributed by atoms with Crippen molar-refractivity contribution >= 4 is 17.0 Å². The average molecular weight is 912 g/mol. The fraction of sp³-hybridized carbons (Fsp3) is 0.400. The molecule has 12 heteroatoms. The monoisotopic (exact) mass is 912 g/mol. The Morgan fingerprint density at radius 2 is 1.49 bits per heavy atom. The Morgan fingerprint density at radius 3 is 2.16 bits per heavy atom. The number of benzene rings is 5. The third-order valence-electron chi connectivity index (χ3n) is 12.7. The van der Waals surface area contributed by atoms with Crippen LogP contribution in [0.25, 0.3) is 44.7 Å². The Bertz CT molecular complexity index is 2690. The highest BCUT2D eigenvalue weighted by molar-refractivity contribution is 5.94. The fourth-order valence-electron chi connectivity index (χ4n) is 9.43. The van der Waals surface area contributed by atoms with Crippen LogP contribution in [0, 0.1) is 5.92 Å². The second-order valence-corrected chi connectivity index (χ2v) is 18.3. The minimum Gasteiger partial charge on any atom is -0.478 e. The van der Waals surface area contributed by atoms with Gasteiger partial charge in [0, 0.05) is 24.6 Å². The number of tetrazole rings is 1. The maximum atomic E-state index is 13.8. The lowest BCUT2D eigenvalue weighted by Gasteiger charge is -2.22. The first-order valence-corrected chi connectivity index (χ1v) is 24.1. The summed E-state index contributed by atoms with van der Waals surface area (Å²) in [5, 5.41) is 27.6. The molecule has 0 spiro atoms. The van der Waals surface area contributed by atoms with Gasteiger partial charge in [0.25, 0.3) is 0 Å². The Balaban J connectivity index is 0.000000204. The summed E-state index contributed by atoms with van der Waals surface area (Å²) >= 11 is 0. The Labute approximate surface area is 392 Å². The van der Waals surface area contributed by atoms with Crippen molar-refractivity contribution in [2.24, 2.45) is 5.92 Å². The number of H-pyrrole nitrogens is 1. The van der Waals surface area contributed by atoms with Crippen molar-refractivity contribution in [1.82, 2.24) is 35.5 Å². The van der Waals surface area contributed by atoms with Gasteiger partial charge in [-0.15, -0.1) is 10.2 Å². The van der Waals surface area contributed by atoms with Gasteiger partial charge in [0.05, 0.1) is 16.6 Å². The molecule has 0 aliphatic heterocycles. The van der Waals surface area contributed by atoms with Crippen LogP contribution in [0.3, 0.4) is 0 Å². The number of aromatic nitrogens is 6. The summed E-state index contributed by atoms with van der Waals surface area (Å²) in [5.74, 6) is 0.234. The first-order chi connectivity index (χ1) is 32.4. The van der Waals surface area contributed by atoms with Crippen molar-refractivity contribution in [2.75, 3.05) is 6.54 Å². The van der Waals surface area contributed by atoms with Gasteiger partial charge in [-0.25, -0.2) is 9.78 Å². The molecule has 0 amide bonds. The molecule has 0 radical (unpaired) electrons. The van der Waals surface area contributed by atoms with Crippen molar-refractivity contribution in [3.63, 3.8) is 0 Å². The molecule has 1 atom stereocenters. The van der Waals surface area contributed by atoms with Crippen LogP contribution in [0.2, 0.25) is 0 Å². The number of aryl methyl sites for hydroxylation is 1. The normalized spacial score (nSPS) is 12.5. The quantitative estimate of drug-likeness (QED) is 0.0614. The third kappa shape index (κ3) is 12.5. The maximum Gasteiger partial charge on any atom is 0.418 e. The number of fused-ring (bicyclic) bond motifs is 4. The summed E-state index contributed by atoms with van der Waals surface area (Å²) in [5.41, 5.74) is 9.38. The topological polar surface area (TPSA) is 122 Å². The molecule has 9 nitrogen and oxygen atoms in total. The van der Waals surface area contributed by atoms with Gasteiger partial charge < -0.3 is 15.0 Å². The predicted octanol–water partition coefficient (Wildman–Crippen LogP) is 13.5. The largest absolute Gasteiger partial charge is 0.478 e. The van der Waals surface area contributed by atoms with E-state index in [0.717, 1.165) is 41.0 Å². The molecule has 5 aromatic carbocycles. The Hall–Kier alpha value is -6.14. The van der Waals surface area contributed by atoms with Crippen molar-refractivity contribution in [3.8, 4) is 33.6 Å². The molecule has 0 fully saturated rings. The van der Waals surface area contributed by atoms with Crippen molar-refractivity contribution in [2.45, 2.75) is 130 Å². The molecule has 0 unspecified atom stereocenters. The smallest absolute Gasteiger partial charge is 0.418 e. The minimum absolute atomic E-state index is 0.141. The number of aromatic amines is 1. The number of rotatable bonds is 21. The van der Waals surface area contributed by atoms with Gasteiger partial charge in [0.15, 0.2) is 0 Å². The second kappa shape index (κ2) is 23.0. The zero-order chi connectivity index (χ0) is 47.3. The van der Waals surface area contributed by atoms with E-state index >= 15 is 0 Å². The molecule has 67 heavy (non-hydrogen) atoms. The zero-order valence-electron chi connectivity index (χ0n) is 39.3. The second-order valence-electron chi connectivity index (χ2n) is 18.3. The Morgan fingerprint density at radius 1 is 0.806 bits per heavy atom. The molecule has 1 aliphatic rings. The lowest BCUT2D eigenvalue weighted by Crippen LogP contribution is -2.33. The van der Waals surface area contributed by atoms with Crippen LogP contribution in [0.4, 0.5) is 13.2 Å². The molecule has 352 valence electrons. The number of nitrogens with zero attached hydrogens (tertiary/aromatic N) is 5. The highest BCUT2D eigenvalue weighted by Crippen LogP contribution is 2.39. The van der Waals surface area contributed by atoms with Gasteiger partial charge in [-0.2, -0.15) is 18.4 Å². The van der Waals surface area contributed by atoms with E-state index in [2.05, 4.69) is 94.2 Å². The number of carboxylic acids is 1. The molecule has 3 N–H and O–H groups in total. The standard InChI is InChI=1S/C29H43N.C26H21F3N6O2/c1-4-5-6-7-8-9-10-13-19-30-26(20-23(2)3)21-24-16-14-18-28-27-17-12-11-15-25(27)22-29(24)28;1-2-5-22-30-23-20(26(27,28)29)12-17(25(36)37)13-21(23)35(22)14-15-8-10-16(11-9-15)18-6-3-4-7-19(18)24-31-33-34-32-24/h11-12,14-18,23,26,30H,4-10,13,19-22H2,1-3H3;3-4,6-13H,2,5,14H2,1H3,(H,36,37)(H,31,32,33,34)/t26-;/m1./s1. The van der Waals surface area contributed by atoms with Crippen LogP contribution in [0.15, 0.2) is 103 Å². The van der Waals surface area contributed by atoms with Gasteiger partial charge in [-0.1, -0.05) is 164 Å². The molecule has 0 saturated carbocycles. The number of nitrogens with one attached hydrogen (secondary N) is 2. The Kier molecular flexibility index (Phi) is 16.8. The van der Waals surface area contributed by atoms with Gasteiger partial charge in [0.2, 0.25) is 5.82 Å². The molecular weight excluding hydrogens is 848 g/mol. The molecule has 7 aromatic rings. The van der Waals surface area contributed by atoms with E-state index in [1.807, 2.05) is 55.5 Å². The number of aromatic carboxylic acids is 1. The van der Waals surface area contributed by atoms with Crippen molar-refractivity contribution in [1.29, 1.82) is 0 Å². The van der Waals surface area contributed by atoms with Gasteiger partial charge in [-0.05, 0) is 106 Å². The summed E-state index contributed by atoms with van der Waals surface area (Å²) in [6.45, 7) is 10.3. The summed E-state index contributed by atoms with van der Waals surface area (Å²) in [4.78, 5) is 15.9. The minimum atomic E-state index is -4.74. The first kappa shape index (κ1) is 48.8. The van der Waals surface area contributed by atoms with Gasteiger partial charge in [-0.3, -0.25) is 0 Å². The number of alkyl halides is 3. The van der Waals surface area contributed by atoms with Crippen LogP contribution in [-0.4, -0.2) is 53.8 Å². The predicted molar refractivity (Wildman–Crippen MR) is 262 cm³/mol. The number of carboxylic acid groups (broad SMARTS) is 1. The molecule has 0 bridgehead atoms. The molecule has 0 saturated heterocycles. The van der Waals surface area contributed by atoms with Crippen molar-refractivity contribution in [3.05, 3.63) is 142 Å². The number of carbonyl (C=O) groups is 1. The summed E-state index contributed by atoms with van der Waals surface area (Å²) in [6.07, 6.45) is 11.0. The van der Waals surface area contributed by atoms with Gasteiger partial charge in [0.1, 0.15) is 11.3 Å². The van der Waals surface area contributed by atoms with Crippen LogP contribution in [0.1, 0.15) is 136 Å². The van der Waals surface area contributed by atoms with Crippen molar-refractivity contribution < 1.29 is 23.1 Å². The number of hydrogen-bond donors (Lipinski definition) is 3. The van der Waals surface area contributed by atoms with Crippen LogP contribution in [-0.2, 0) is 32.0 Å². The van der Waals surface area contributed by atoms with E-state index in [9.17, 15) is 23.1 Å². The highest BCUT2D eigenvalue weighted by Gasteiger charge is 2.36. The molecule has 8 rings (SSSR count). The van der Waals surface area contributed by atoms with Crippen LogP contribution < -0.4 is 5.32 Å². The van der Waals surface area contributed by atoms with E-state index in [4.69, 9.17) is 0 Å². The number of hydrogen-bond acceptors (Lipinski definition) is 6. The molecular formula is C55H64F3N7O2. The zero-order valence-corrected chi connectivity index (χ0v) is 39.3. The van der Waals surface area contributed by atoms with Crippen LogP contribution >= 0.6 is 0 Å². The molecule has 2 heterocycles. The van der Waals surface area contributed by atoms with E-state index < -0.39 is 23.3 Å². The lowest BCUT2D eigenvalue weighted by molar-refractivity contribution is -0.136. The molecule has 2 aromatic heterocycles.